The fraction of sp³-hybridized carbons (Fsp3) is 0.125. The summed E-state index contributed by atoms with van der Waals surface area (Å²) in [7, 11) is -3.33. The van der Waals surface area contributed by atoms with Crippen LogP contribution in [-0.4, -0.2) is 40.3 Å². The van der Waals surface area contributed by atoms with Crippen LogP contribution < -0.4 is 10.0 Å². The topological polar surface area (TPSA) is 119 Å². The third-order valence-electron chi connectivity index (χ3n) is 3.54. The van der Waals surface area contributed by atoms with Crippen molar-refractivity contribution in [2.75, 3.05) is 15.8 Å². The molecule has 0 aliphatic rings. The van der Waals surface area contributed by atoms with Crippen LogP contribution in [0.15, 0.2) is 54.9 Å². The molecule has 3 aromatic rings. The first-order chi connectivity index (χ1) is 12.5. The van der Waals surface area contributed by atoms with E-state index in [1.807, 2.05) is 0 Å². The highest BCUT2D eigenvalue weighted by atomic mass is 32.2. The van der Waals surface area contributed by atoms with E-state index in [0.29, 0.717) is 16.9 Å². The number of rotatable bonds is 6. The summed E-state index contributed by atoms with van der Waals surface area (Å²) >= 11 is 0. The van der Waals surface area contributed by atoms with E-state index in [2.05, 4.69) is 25.6 Å². The molecule has 2 N–H and O–H groups in total. The van der Waals surface area contributed by atoms with E-state index in [1.165, 1.54) is 11.0 Å². The van der Waals surface area contributed by atoms with Crippen molar-refractivity contribution in [1.29, 1.82) is 0 Å². The van der Waals surface area contributed by atoms with Crippen LogP contribution in [0.5, 0.6) is 0 Å². The second-order valence-electron chi connectivity index (χ2n) is 5.34. The zero-order valence-corrected chi connectivity index (χ0v) is 14.6. The van der Waals surface area contributed by atoms with Crippen molar-refractivity contribution in [3.63, 3.8) is 0 Å². The highest BCUT2D eigenvalue weighted by Crippen LogP contribution is 2.16. The molecule has 3 rings (SSSR count). The molecule has 1 heterocycles. The number of aromatic nitrogens is 4. The molecule has 0 fully saturated rings. The predicted molar refractivity (Wildman–Crippen MR) is 96.6 cm³/mol. The number of carbonyl (C=O) groups is 1. The predicted octanol–water partition coefficient (Wildman–Crippen LogP) is 1.68. The number of hydrogen-bond acceptors (Lipinski definition) is 6. The standard InChI is InChI=1S/C16H16N6O3S/c1-2-26(24,25)19-14-7-5-13(6-8-14)18-16(23)12-3-9-15(10-4-12)22-11-17-20-21-22/h3-11,19H,2H2,1H3,(H,18,23). The Bertz CT molecular complexity index is 983. The number of benzene rings is 2. The number of nitrogens with zero attached hydrogens (tertiary/aromatic N) is 4. The van der Waals surface area contributed by atoms with E-state index in [4.69, 9.17) is 0 Å². The number of sulfonamides is 1. The van der Waals surface area contributed by atoms with Gasteiger partial charge in [-0.2, -0.15) is 0 Å². The quantitative estimate of drug-likeness (QED) is 0.679. The van der Waals surface area contributed by atoms with Gasteiger partial charge in [-0.1, -0.05) is 0 Å². The van der Waals surface area contributed by atoms with Gasteiger partial charge in [-0.25, -0.2) is 13.1 Å². The molecule has 134 valence electrons. The number of nitrogens with one attached hydrogen (secondary N) is 2. The largest absolute Gasteiger partial charge is 0.322 e. The van der Waals surface area contributed by atoms with E-state index < -0.39 is 10.0 Å². The lowest BCUT2D eigenvalue weighted by atomic mass is 10.2. The van der Waals surface area contributed by atoms with Gasteiger partial charge in [0, 0.05) is 16.9 Å². The van der Waals surface area contributed by atoms with Gasteiger partial charge in [0.05, 0.1) is 11.4 Å². The van der Waals surface area contributed by atoms with E-state index in [-0.39, 0.29) is 11.7 Å². The molecule has 0 spiro atoms. The Morgan fingerprint density at radius 1 is 1.04 bits per heavy atom. The lowest BCUT2D eigenvalue weighted by Crippen LogP contribution is -2.15. The Labute approximate surface area is 150 Å². The SMILES string of the molecule is CCS(=O)(=O)Nc1ccc(NC(=O)c2ccc(-n3cnnn3)cc2)cc1. The molecule has 26 heavy (non-hydrogen) atoms. The Hall–Kier alpha value is -3.27. The third-order valence-corrected chi connectivity index (χ3v) is 4.85. The maximum atomic E-state index is 12.3. The zero-order valence-electron chi connectivity index (χ0n) is 13.8. The van der Waals surface area contributed by atoms with Crippen molar-refractivity contribution in [2.45, 2.75) is 6.92 Å². The van der Waals surface area contributed by atoms with Crippen molar-refractivity contribution >= 4 is 27.3 Å². The van der Waals surface area contributed by atoms with Gasteiger partial charge in [0.25, 0.3) is 5.91 Å². The van der Waals surface area contributed by atoms with Gasteiger partial charge in [-0.15, -0.1) is 5.10 Å². The van der Waals surface area contributed by atoms with Gasteiger partial charge < -0.3 is 5.32 Å². The summed E-state index contributed by atoms with van der Waals surface area (Å²) in [6.45, 7) is 1.56. The summed E-state index contributed by atoms with van der Waals surface area (Å²) in [5.41, 5.74) is 2.20. The average molecular weight is 372 g/mol. The van der Waals surface area contributed by atoms with Crippen LogP contribution in [0.3, 0.4) is 0 Å². The van der Waals surface area contributed by atoms with Crippen molar-refractivity contribution in [3.05, 3.63) is 60.4 Å². The molecule has 2 aromatic carbocycles. The molecule has 0 saturated heterocycles. The molecule has 0 unspecified atom stereocenters. The molecule has 0 aliphatic heterocycles. The Morgan fingerprint density at radius 3 is 2.27 bits per heavy atom. The molecule has 1 aromatic heterocycles. The average Bonchev–Trinajstić information content (AvgIpc) is 3.18. The van der Waals surface area contributed by atoms with Crippen LogP contribution in [0.1, 0.15) is 17.3 Å². The van der Waals surface area contributed by atoms with Crippen LogP contribution in [0.25, 0.3) is 5.69 Å². The monoisotopic (exact) mass is 372 g/mol. The third kappa shape index (κ3) is 4.22. The van der Waals surface area contributed by atoms with Crippen molar-refractivity contribution < 1.29 is 13.2 Å². The maximum absolute atomic E-state index is 12.3. The minimum atomic E-state index is -3.33. The van der Waals surface area contributed by atoms with Crippen LogP contribution in [0, 0.1) is 0 Å². The van der Waals surface area contributed by atoms with Gasteiger partial charge in [0.2, 0.25) is 10.0 Å². The Morgan fingerprint density at radius 2 is 1.69 bits per heavy atom. The van der Waals surface area contributed by atoms with Crippen LogP contribution in [0.4, 0.5) is 11.4 Å². The summed E-state index contributed by atoms with van der Waals surface area (Å²) in [5.74, 6) is -0.290. The molecular weight excluding hydrogens is 356 g/mol. The summed E-state index contributed by atoms with van der Waals surface area (Å²) in [6, 6.07) is 13.2. The van der Waals surface area contributed by atoms with Crippen molar-refractivity contribution in [1.82, 2.24) is 20.2 Å². The maximum Gasteiger partial charge on any atom is 0.255 e. The number of carbonyl (C=O) groups excluding carboxylic acids is 1. The van der Waals surface area contributed by atoms with Crippen molar-refractivity contribution in [2.24, 2.45) is 0 Å². The highest BCUT2D eigenvalue weighted by Gasteiger charge is 2.09. The van der Waals surface area contributed by atoms with Crippen molar-refractivity contribution in [3.8, 4) is 5.69 Å². The summed E-state index contributed by atoms with van der Waals surface area (Å²) in [4.78, 5) is 12.3. The Kier molecular flexibility index (Phi) is 4.94. The first kappa shape index (κ1) is 17.5. The molecular formula is C16H16N6O3S. The fourth-order valence-corrected chi connectivity index (χ4v) is 2.76. The molecule has 0 aliphatic carbocycles. The number of hydrogen-bond donors (Lipinski definition) is 2. The highest BCUT2D eigenvalue weighted by molar-refractivity contribution is 7.92. The van der Waals surface area contributed by atoms with E-state index in [1.54, 1.807) is 55.5 Å². The van der Waals surface area contributed by atoms with Gasteiger partial charge >= 0.3 is 0 Å². The van der Waals surface area contributed by atoms with Crippen LogP contribution in [0.2, 0.25) is 0 Å². The van der Waals surface area contributed by atoms with Gasteiger partial charge in [-0.3, -0.25) is 9.52 Å². The second kappa shape index (κ2) is 7.31. The van der Waals surface area contributed by atoms with E-state index in [0.717, 1.165) is 5.69 Å². The minimum Gasteiger partial charge on any atom is -0.322 e. The summed E-state index contributed by atoms with van der Waals surface area (Å²) in [5, 5.41) is 13.6. The lowest BCUT2D eigenvalue weighted by molar-refractivity contribution is 0.102. The molecule has 0 bridgehead atoms. The first-order valence-electron chi connectivity index (χ1n) is 7.72. The van der Waals surface area contributed by atoms with Crippen LogP contribution in [-0.2, 0) is 10.0 Å². The number of tetrazole rings is 1. The number of amides is 1. The minimum absolute atomic E-state index is 0.00780. The number of anilines is 2. The smallest absolute Gasteiger partial charge is 0.255 e. The lowest BCUT2D eigenvalue weighted by Gasteiger charge is -2.09. The normalized spacial score (nSPS) is 11.1. The molecule has 0 saturated carbocycles. The van der Waals surface area contributed by atoms with Gasteiger partial charge in [0.1, 0.15) is 6.33 Å². The molecule has 0 radical (unpaired) electrons. The molecule has 9 nitrogen and oxygen atoms in total. The second-order valence-corrected chi connectivity index (χ2v) is 7.35. The van der Waals surface area contributed by atoms with Gasteiger partial charge in [-0.05, 0) is 65.9 Å². The summed E-state index contributed by atoms with van der Waals surface area (Å²) in [6.07, 6.45) is 1.46. The molecule has 10 heteroatoms. The molecule has 0 atom stereocenters. The van der Waals surface area contributed by atoms with Gasteiger partial charge in [0.15, 0.2) is 0 Å². The Balaban J connectivity index is 1.66. The molecule has 1 amide bonds. The summed E-state index contributed by atoms with van der Waals surface area (Å²) < 4.78 is 27.0. The fourth-order valence-electron chi connectivity index (χ4n) is 2.12. The first-order valence-corrected chi connectivity index (χ1v) is 9.37. The van der Waals surface area contributed by atoms with E-state index >= 15 is 0 Å². The van der Waals surface area contributed by atoms with Crippen LogP contribution >= 0.6 is 0 Å². The zero-order chi connectivity index (χ0) is 18.6. The van der Waals surface area contributed by atoms with E-state index in [9.17, 15) is 13.2 Å².